The molecule has 4 heterocycles. The van der Waals surface area contributed by atoms with E-state index >= 15 is 0 Å². The molecule has 214 valence electrons. The third kappa shape index (κ3) is 5.69. The fourth-order valence-electron chi connectivity index (χ4n) is 4.99. The fraction of sp³-hybridized carbons (Fsp3) is 0.357. The molecule has 1 aliphatic heterocycles. The maximum absolute atomic E-state index is 13.3. The molecule has 0 radical (unpaired) electrons. The van der Waals surface area contributed by atoms with Gasteiger partial charge in [0.2, 0.25) is 11.9 Å². The molecule has 0 saturated carbocycles. The molecule has 0 unspecified atom stereocenters. The van der Waals surface area contributed by atoms with Gasteiger partial charge in [-0.25, -0.2) is 9.78 Å². The first kappa shape index (κ1) is 27.6. The zero-order valence-electron chi connectivity index (χ0n) is 23.1. The molecule has 13 heteroatoms. The van der Waals surface area contributed by atoms with Gasteiger partial charge in [0, 0.05) is 31.0 Å². The van der Waals surface area contributed by atoms with Gasteiger partial charge in [-0.2, -0.15) is 5.10 Å². The van der Waals surface area contributed by atoms with Crippen LogP contribution in [0.4, 0.5) is 10.7 Å². The van der Waals surface area contributed by atoms with Crippen LogP contribution in [0.15, 0.2) is 42.7 Å². The fourth-order valence-corrected chi connectivity index (χ4v) is 4.99. The number of aromatic nitrogens is 5. The van der Waals surface area contributed by atoms with Crippen LogP contribution in [0.1, 0.15) is 58.8 Å². The number of carbonyl (C=O) groups is 3. The highest BCUT2D eigenvalue weighted by atomic mass is 16.5. The Labute approximate surface area is 236 Å². The van der Waals surface area contributed by atoms with Gasteiger partial charge < -0.3 is 20.5 Å². The van der Waals surface area contributed by atoms with Crippen LogP contribution in [0.5, 0.6) is 5.75 Å². The molecule has 1 aliphatic rings. The zero-order valence-corrected chi connectivity index (χ0v) is 23.1. The first-order valence-corrected chi connectivity index (χ1v) is 13.3. The van der Waals surface area contributed by atoms with Gasteiger partial charge in [0.25, 0.3) is 5.91 Å². The van der Waals surface area contributed by atoms with Crippen molar-refractivity contribution in [1.29, 1.82) is 0 Å². The Bertz CT molecular complexity index is 1610. The molecule has 0 aliphatic carbocycles. The predicted octanol–water partition coefficient (Wildman–Crippen LogP) is 3.12. The van der Waals surface area contributed by atoms with Gasteiger partial charge in [-0.1, -0.05) is 0 Å². The summed E-state index contributed by atoms with van der Waals surface area (Å²) in [6.07, 6.45) is 3.93. The van der Waals surface area contributed by atoms with E-state index in [1.807, 2.05) is 25.3 Å². The number of imidazole rings is 1. The molecule has 0 bridgehead atoms. The molecule has 13 nitrogen and oxygen atoms in total. The van der Waals surface area contributed by atoms with E-state index in [4.69, 9.17) is 15.2 Å². The van der Waals surface area contributed by atoms with Crippen LogP contribution in [-0.4, -0.2) is 55.4 Å². The standard InChI is InChI=1S/C28H32N8O5/c1-4-35-21(12-17(2)34-35)25(38)33-26-32-20-13-19(24(29)37)14-22-23(20)36(26)28(3,16-41-22)8-5-9-31-27(39)40-15-18-6-10-30-11-7-18/h6-7,10-14H,4-5,8-9,15-16H2,1-3H3,(H2,29,37)(H,31,39)(H,32,33,38)/t28-/m0/s1. The van der Waals surface area contributed by atoms with Crippen molar-refractivity contribution in [3.8, 4) is 5.75 Å². The molecule has 3 aromatic heterocycles. The number of alkyl carbamates (subject to hydrolysis) is 1. The van der Waals surface area contributed by atoms with E-state index in [0.29, 0.717) is 54.4 Å². The van der Waals surface area contributed by atoms with Crippen molar-refractivity contribution in [3.05, 3.63) is 65.2 Å². The molecule has 1 aromatic carbocycles. The quantitative estimate of drug-likeness (QED) is 0.249. The van der Waals surface area contributed by atoms with E-state index in [1.54, 1.807) is 47.4 Å². The van der Waals surface area contributed by atoms with E-state index in [9.17, 15) is 14.4 Å². The summed E-state index contributed by atoms with van der Waals surface area (Å²) < 4.78 is 14.9. The minimum atomic E-state index is -0.637. The number of aryl methyl sites for hydroxylation is 2. The zero-order chi connectivity index (χ0) is 29.1. The topological polar surface area (TPSA) is 168 Å². The molecule has 41 heavy (non-hydrogen) atoms. The van der Waals surface area contributed by atoms with E-state index in [1.165, 1.54) is 0 Å². The van der Waals surface area contributed by atoms with Crippen LogP contribution in [0.2, 0.25) is 0 Å². The van der Waals surface area contributed by atoms with Crippen LogP contribution < -0.4 is 21.1 Å². The summed E-state index contributed by atoms with van der Waals surface area (Å²) in [6, 6.07) is 8.45. The third-order valence-corrected chi connectivity index (χ3v) is 7.02. The molecular weight excluding hydrogens is 528 g/mol. The number of nitrogens with zero attached hydrogens (tertiary/aromatic N) is 5. The minimum absolute atomic E-state index is 0.149. The number of benzene rings is 1. The summed E-state index contributed by atoms with van der Waals surface area (Å²) in [6.45, 7) is 7.02. The third-order valence-electron chi connectivity index (χ3n) is 7.02. The van der Waals surface area contributed by atoms with E-state index < -0.39 is 17.5 Å². The monoisotopic (exact) mass is 560 g/mol. The number of primary amides is 1. The average molecular weight is 561 g/mol. The Morgan fingerprint density at radius 3 is 2.71 bits per heavy atom. The average Bonchev–Trinajstić information content (AvgIpc) is 3.53. The van der Waals surface area contributed by atoms with Crippen molar-refractivity contribution in [2.24, 2.45) is 5.73 Å². The largest absolute Gasteiger partial charge is 0.489 e. The van der Waals surface area contributed by atoms with Crippen molar-refractivity contribution in [2.75, 3.05) is 18.5 Å². The summed E-state index contributed by atoms with van der Waals surface area (Å²) >= 11 is 0. The summed E-state index contributed by atoms with van der Waals surface area (Å²) in [5.74, 6) is -0.202. The number of nitrogens with two attached hydrogens (primary N) is 1. The maximum Gasteiger partial charge on any atom is 0.407 e. The van der Waals surface area contributed by atoms with Gasteiger partial charge in [0.05, 0.1) is 16.7 Å². The number of hydrogen-bond acceptors (Lipinski definition) is 8. The van der Waals surface area contributed by atoms with Crippen LogP contribution in [-0.2, 0) is 23.4 Å². The second-order valence-corrected chi connectivity index (χ2v) is 10.2. The Morgan fingerprint density at radius 2 is 1.98 bits per heavy atom. The lowest BCUT2D eigenvalue weighted by Crippen LogP contribution is -2.41. The van der Waals surface area contributed by atoms with Crippen LogP contribution in [0.25, 0.3) is 11.0 Å². The number of anilines is 1. The molecular formula is C28H32N8O5. The summed E-state index contributed by atoms with van der Waals surface area (Å²) in [5, 5.41) is 10.1. The molecule has 0 fully saturated rings. The van der Waals surface area contributed by atoms with Gasteiger partial charge in [-0.15, -0.1) is 0 Å². The first-order chi connectivity index (χ1) is 19.7. The number of hydrogen-bond donors (Lipinski definition) is 3. The first-order valence-electron chi connectivity index (χ1n) is 13.3. The molecule has 0 spiro atoms. The molecule has 1 atom stereocenters. The number of ether oxygens (including phenoxy) is 2. The van der Waals surface area contributed by atoms with Crippen molar-refractivity contribution >= 4 is 34.9 Å². The Morgan fingerprint density at radius 1 is 1.20 bits per heavy atom. The minimum Gasteiger partial charge on any atom is -0.489 e. The summed E-state index contributed by atoms with van der Waals surface area (Å²) in [5.41, 5.74) is 8.25. The summed E-state index contributed by atoms with van der Waals surface area (Å²) in [4.78, 5) is 46.1. The number of pyridine rings is 1. The maximum atomic E-state index is 13.3. The van der Waals surface area contributed by atoms with Crippen molar-refractivity contribution in [1.82, 2.24) is 29.6 Å². The smallest absolute Gasteiger partial charge is 0.407 e. The Balaban J connectivity index is 1.36. The molecule has 4 aromatic rings. The van der Waals surface area contributed by atoms with Crippen molar-refractivity contribution < 1.29 is 23.9 Å². The van der Waals surface area contributed by atoms with Gasteiger partial charge in [-0.05, 0) is 69.5 Å². The Hall–Kier alpha value is -4.94. The second-order valence-electron chi connectivity index (χ2n) is 10.2. The highest BCUT2D eigenvalue weighted by Gasteiger charge is 2.37. The normalized spacial score (nSPS) is 15.8. The lowest BCUT2D eigenvalue weighted by molar-refractivity contribution is 0.0995. The van der Waals surface area contributed by atoms with Gasteiger partial charge >= 0.3 is 6.09 Å². The highest BCUT2D eigenvalue weighted by Crippen LogP contribution is 2.41. The number of rotatable bonds is 10. The molecule has 0 saturated heterocycles. The highest BCUT2D eigenvalue weighted by molar-refractivity contribution is 6.04. The van der Waals surface area contributed by atoms with Crippen molar-refractivity contribution in [3.63, 3.8) is 0 Å². The van der Waals surface area contributed by atoms with E-state index in [2.05, 4.69) is 25.7 Å². The number of nitrogens with one attached hydrogen (secondary N) is 2. The second kappa shape index (κ2) is 11.3. The van der Waals surface area contributed by atoms with Gasteiger partial charge in [-0.3, -0.25) is 29.1 Å². The van der Waals surface area contributed by atoms with E-state index in [0.717, 1.165) is 11.3 Å². The van der Waals surface area contributed by atoms with Crippen LogP contribution in [0.3, 0.4) is 0 Å². The van der Waals surface area contributed by atoms with Crippen LogP contribution >= 0.6 is 0 Å². The van der Waals surface area contributed by atoms with Gasteiger partial charge in [0.15, 0.2) is 0 Å². The van der Waals surface area contributed by atoms with Crippen LogP contribution in [0, 0.1) is 6.92 Å². The SMILES string of the molecule is CCn1nc(C)cc1C(=O)Nc1nc2cc(C(N)=O)cc3c2n1[C@@](C)(CCCNC(=O)OCc1ccncc1)CO3. The van der Waals surface area contributed by atoms with Gasteiger partial charge in [0.1, 0.15) is 30.2 Å². The van der Waals surface area contributed by atoms with E-state index in [-0.39, 0.29) is 24.7 Å². The number of amides is 3. The van der Waals surface area contributed by atoms with Crippen molar-refractivity contribution in [2.45, 2.75) is 52.3 Å². The molecule has 3 amide bonds. The Kier molecular flexibility index (Phi) is 7.60. The lowest BCUT2D eigenvalue weighted by Gasteiger charge is -2.37. The number of carbonyl (C=O) groups excluding carboxylic acids is 3. The molecule has 4 N–H and O–H groups in total. The summed E-state index contributed by atoms with van der Waals surface area (Å²) in [7, 11) is 0. The lowest BCUT2D eigenvalue weighted by atomic mass is 9.94. The molecule has 5 rings (SSSR count). The predicted molar refractivity (Wildman–Crippen MR) is 150 cm³/mol.